The van der Waals surface area contributed by atoms with E-state index in [1.165, 1.54) is 12.1 Å². The van der Waals surface area contributed by atoms with Crippen molar-refractivity contribution in [3.05, 3.63) is 35.4 Å². The Labute approximate surface area is 106 Å². The molecule has 0 aromatic heterocycles. The molecule has 1 atom stereocenters. The molecule has 0 radical (unpaired) electrons. The van der Waals surface area contributed by atoms with Gasteiger partial charge in [0.2, 0.25) is 0 Å². The van der Waals surface area contributed by atoms with Crippen molar-refractivity contribution in [1.29, 1.82) is 0 Å². The van der Waals surface area contributed by atoms with Gasteiger partial charge in [-0.25, -0.2) is 4.79 Å². The van der Waals surface area contributed by atoms with Crippen molar-refractivity contribution in [2.45, 2.75) is 18.7 Å². The Balaban J connectivity index is 2.57. The van der Waals surface area contributed by atoms with Crippen LogP contribution in [0.2, 0.25) is 0 Å². The number of benzene rings is 1. The van der Waals surface area contributed by atoms with Crippen molar-refractivity contribution in [3.63, 3.8) is 0 Å². The Morgan fingerprint density at radius 2 is 2.11 bits per heavy atom. The molecule has 8 heteroatoms. The van der Waals surface area contributed by atoms with Crippen LogP contribution in [-0.2, 0) is 11.0 Å². The van der Waals surface area contributed by atoms with E-state index in [2.05, 4.69) is 4.84 Å². The van der Waals surface area contributed by atoms with Gasteiger partial charge in [0.05, 0.1) is 18.3 Å². The van der Waals surface area contributed by atoms with Gasteiger partial charge in [0.15, 0.2) is 0 Å². The first-order chi connectivity index (χ1) is 8.80. The smallest absolute Gasteiger partial charge is 0.428 e. The summed E-state index contributed by atoms with van der Waals surface area (Å²) in [7, 11) is 0. The molecule has 0 spiro atoms. The molecule has 0 unspecified atom stereocenters. The van der Waals surface area contributed by atoms with Gasteiger partial charge in [0, 0.05) is 6.42 Å². The topological polar surface area (TPSA) is 78.8 Å². The number of hydroxylamine groups is 1. The van der Waals surface area contributed by atoms with Gasteiger partial charge in [0.25, 0.3) is 0 Å². The van der Waals surface area contributed by atoms with Crippen LogP contribution < -0.4 is 5.48 Å². The lowest BCUT2D eigenvalue weighted by atomic mass is 10.0. The number of carboxylic acid groups (broad SMARTS) is 1. The predicted molar refractivity (Wildman–Crippen MR) is 58.1 cm³/mol. The largest absolute Gasteiger partial charge is 0.464 e. The lowest BCUT2D eigenvalue weighted by Gasteiger charge is -2.13. The Morgan fingerprint density at radius 1 is 1.42 bits per heavy atom. The monoisotopic (exact) mass is 279 g/mol. The zero-order valence-corrected chi connectivity index (χ0v) is 9.65. The minimum Gasteiger partial charge on any atom is -0.464 e. The van der Waals surface area contributed by atoms with E-state index in [1.807, 2.05) is 0 Å². The first-order valence-electron chi connectivity index (χ1n) is 5.26. The molecule has 0 aliphatic rings. The Hall–Kier alpha value is -1.80. The number of alkyl halides is 3. The van der Waals surface area contributed by atoms with E-state index >= 15 is 0 Å². The highest BCUT2D eigenvalue weighted by atomic mass is 19.4. The van der Waals surface area contributed by atoms with Crippen molar-refractivity contribution in [2.24, 2.45) is 0 Å². The first kappa shape index (κ1) is 15.3. The van der Waals surface area contributed by atoms with E-state index in [9.17, 15) is 23.1 Å². The van der Waals surface area contributed by atoms with Gasteiger partial charge in [-0.3, -0.25) is 4.84 Å². The fraction of sp³-hybridized carbons (Fsp3) is 0.364. The summed E-state index contributed by atoms with van der Waals surface area (Å²) in [6, 6.07) is 4.29. The molecule has 0 fully saturated rings. The summed E-state index contributed by atoms with van der Waals surface area (Å²) in [6.07, 6.45) is -7.08. The quantitative estimate of drug-likeness (QED) is 0.571. The van der Waals surface area contributed by atoms with Crippen LogP contribution in [0, 0.1) is 0 Å². The van der Waals surface area contributed by atoms with Crippen LogP contribution in [0.1, 0.15) is 23.7 Å². The number of nitrogens with one attached hydrogen (secondary N) is 1. The van der Waals surface area contributed by atoms with Crippen molar-refractivity contribution in [2.75, 3.05) is 6.61 Å². The van der Waals surface area contributed by atoms with Gasteiger partial charge in [0.1, 0.15) is 0 Å². The molecule has 0 saturated heterocycles. The van der Waals surface area contributed by atoms with Crippen molar-refractivity contribution in [1.82, 2.24) is 5.48 Å². The third-order valence-corrected chi connectivity index (χ3v) is 2.25. The minimum absolute atomic E-state index is 0.0401. The number of hydrogen-bond donors (Lipinski definition) is 3. The average molecular weight is 279 g/mol. The molecule has 1 rings (SSSR count). The Morgan fingerprint density at radius 3 is 2.68 bits per heavy atom. The van der Waals surface area contributed by atoms with Crippen LogP contribution in [0.4, 0.5) is 18.0 Å². The van der Waals surface area contributed by atoms with Gasteiger partial charge >= 0.3 is 12.3 Å². The fourth-order valence-electron chi connectivity index (χ4n) is 1.37. The summed E-state index contributed by atoms with van der Waals surface area (Å²) in [5.74, 6) is 0. The third kappa shape index (κ3) is 5.14. The van der Waals surface area contributed by atoms with Crippen LogP contribution in [0.5, 0.6) is 0 Å². The molecule has 0 heterocycles. The SMILES string of the molecule is O=C(O)NOCC[C@H](O)c1cccc(C(F)(F)F)c1. The maximum Gasteiger partial charge on any atom is 0.428 e. The molecule has 5 nitrogen and oxygen atoms in total. The van der Waals surface area contributed by atoms with Crippen molar-refractivity contribution in [3.8, 4) is 0 Å². The molecule has 1 amide bonds. The van der Waals surface area contributed by atoms with Crippen LogP contribution in [-0.4, -0.2) is 22.9 Å². The van der Waals surface area contributed by atoms with Gasteiger partial charge in [-0.2, -0.15) is 18.7 Å². The van der Waals surface area contributed by atoms with Gasteiger partial charge in [-0.15, -0.1) is 0 Å². The van der Waals surface area contributed by atoms with Gasteiger partial charge < -0.3 is 10.2 Å². The number of aliphatic hydroxyl groups excluding tert-OH is 1. The van der Waals surface area contributed by atoms with Crippen LogP contribution >= 0.6 is 0 Å². The van der Waals surface area contributed by atoms with Crippen LogP contribution in [0.3, 0.4) is 0 Å². The third-order valence-electron chi connectivity index (χ3n) is 2.25. The van der Waals surface area contributed by atoms with Crippen LogP contribution in [0.15, 0.2) is 24.3 Å². The maximum absolute atomic E-state index is 12.4. The molecule has 3 N–H and O–H groups in total. The van der Waals surface area contributed by atoms with Crippen LogP contribution in [0.25, 0.3) is 0 Å². The lowest BCUT2D eigenvalue weighted by molar-refractivity contribution is -0.137. The molecule has 0 saturated carbocycles. The van der Waals surface area contributed by atoms with Gasteiger partial charge in [-0.1, -0.05) is 12.1 Å². The van der Waals surface area contributed by atoms with E-state index in [4.69, 9.17) is 5.11 Å². The Bertz CT molecular complexity index is 436. The van der Waals surface area contributed by atoms with E-state index in [1.54, 1.807) is 5.48 Å². The Kier molecular flexibility index (Phi) is 5.13. The molecule has 0 aliphatic heterocycles. The first-order valence-corrected chi connectivity index (χ1v) is 5.26. The van der Waals surface area contributed by atoms with E-state index < -0.39 is 23.9 Å². The van der Waals surface area contributed by atoms with E-state index in [0.717, 1.165) is 12.1 Å². The summed E-state index contributed by atoms with van der Waals surface area (Å²) < 4.78 is 37.3. The number of aliphatic hydroxyl groups is 1. The maximum atomic E-state index is 12.4. The summed E-state index contributed by atoms with van der Waals surface area (Å²) in [6.45, 7) is -0.163. The highest BCUT2D eigenvalue weighted by molar-refractivity contribution is 5.62. The number of halogens is 3. The highest BCUT2D eigenvalue weighted by Gasteiger charge is 2.30. The summed E-state index contributed by atoms with van der Waals surface area (Å²) >= 11 is 0. The average Bonchev–Trinajstić information content (AvgIpc) is 2.33. The van der Waals surface area contributed by atoms with Crippen molar-refractivity contribution < 1.29 is 33.0 Å². The second kappa shape index (κ2) is 6.39. The molecule has 106 valence electrons. The molecule has 0 bridgehead atoms. The molecule has 1 aromatic rings. The number of hydrogen-bond acceptors (Lipinski definition) is 3. The van der Waals surface area contributed by atoms with E-state index in [0.29, 0.717) is 0 Å². The van der Waals surface area contributed by atoms with E-state index in [-0.39, 0.29) is 18.6 Å². The summed E-state index contributed by atoms with van der Waals surface area (Å²) in [5.41, 5.74) is 0.852. The highest BCUT2D eigenvalue weighted by Crippen LogP contribution is 2.31. The normalized spacial score (nSPS) is 13.1. The van der Waals surface area contributed by atoms with Crippen molar-refractivity contribution >= 4 is 6.09 Å². The number of carbonyl (C=O) groups is 1. The predicted octanol–water partition coefficient (Wildman–Crippen LogP) is 2.33. The molecule has 1 aromatic carbocycles. The fourth-order valence-corrected chi connectivity index (χ4v) is 1.37. The molecule has 0 aliphatic carbocycles. The standard InChI is InChI=1S/C11H12F3NO4/c12-11(13,14)8-3-1-2-7(6-8)9(16)4-5-19-15-10(17)18/h1-3,6,9,15-16H,4-5H2,(H,17,18)/t9-/m0/s1. The second-order valence-corrected chi connectivity index (χ2v) is 3.68. The summed E-state index contributed by atoms with van der Waals surface area (Å²) in [5, 5.41) is 17.9. The zero-order valence-electron chi connectivity index (χ0n) is 9.65. The molecular weight excluding hydrogens is 267 g/mol. The molecular formula is C11H12F3NO4. The number of rotatable bonds is 5. The number of amides is 1. The minimum atomic E-state index is -4.48. The summed E-state index contributed by atoms with van der Waals surface area (Å²) in [4.78, 5) is 14.5. The second-order valence-electron chi connectivity index (χ2n) is 3.68. The zero-order chi connectivity index (χ0) is 14.5. The lowest BCUT2D eigenvalue weighted by Crippen LogP contribution is -2.22. The van der Waals surface area contributed by atoms with Gasteiger partial charge in [-0.05, 0) is 17.7 Å². The molecule has 19 heavy (non-hydrogen) atoms.